The molecule has 2 bridgehead atoms. The fraction of sp³-hybridized carbons (Fsp3) is 0.389. The molecule has 23 heavy (non-hydrogen) atoms. The standard InChI is InChI=1S/C18H18N4O/c19-8-12-1-2-14-9-20-17(7-15(14)5-12)18(23)21-16-6-13-3-4-22(10-13)11-16/h1-2,5,7,9,13,16H,3-4,6,10-11H2,(H,21,23)/t13-,16+/m0/s1. The minimum atomic E-state index is -0.123. The summed E-state index contributed by atoms with van der Waals surface area (Å²) in [6.07, 6.45) is 4.01. The van der Waals surface area contributed by atoms with Crippen LogP contribution in [0.3, 0.4) is 0 Å². The molecule has 2 aromatic rings. The lowest BCUT2D eigenvalue weighted by Gasteiger charge is -2.30. The minimum absolute atomic E-state index is 0.123. The highest BCUT2D eigenvalue weighted by Crippen LogP contribution is 2.26. The van der Waals surface area contributed by atoms with E-state index in [1.807, 2.05) is 6.07 Å². The maximum absolute atomic E-state index is 12.5. The number of carbonyl (C=O) groups is 1. The lowest BCUT2D eigenvalue weighted by Crippen LogP contribution is -2.47. The van der Waals surface area contributed by atoms with Crippen LogP contribution in [0.15, 0.2) is 30.5 Å². The van der Waals surface area contributed by atoms with Gasteiger partial charge in [-0.2, -0.15) is 5.26 Å². The first-order valence-electron chi connectivity index (χ1n) is 8.04. The maximum atomic E-state index is 12.5. The predicted octanol–water partition coefficient (Wildman–Crippen LogP) is 1.93. The molecular weight excluding hydrogens is 288 g/mol. The summed E-state index contributed by atoms with van der Waals surface area (Å²) in [6.45, 7) is 3.27. The Morgan fingerprint density at radius 2 is 2.22 bits per heavy atom. The van der Waals surface area contributed by atoms with Crippen LogP contribution >= 0.6 is 0 Å². The monoisotopic (exact) mass is 306 g/mol. The number of aromatic nitrogens is 1. The number of fused-ring (bicyclic) bond motifs is 3. The number of nitriles is 1. The van der Waals surface area contributed by atoms with Crippen LogP contribution in [0.25, 0.3) is 10.8 Å². The Balaban J connectivity index is 1.53. The third-order valence-corrected chi connectivity index (χ3v) is 4.89. The Hall–Kier alpha value is -2.45. The highest BCUT2D eigenvalue weighted by molar-refractivity contribution is 5.96. The summed E-state index contributed by atoms with van der Waals surface area (Å²) in [5.74, 6) is 0.596. The van der Waals surface area contributed by atoms with E-state index in [0.29, 0.717) is 11.3 Å². The summed E-state index contributed by atoms with van der Waals surface area (Å²) in [6, 6.07) is 9.51. The number of hydrogen-bond acceptors (Lipinski definition) is 4. The Morgan fingerprint density at radius 1 is 1.30 bits per heavy atom. The third kappa shape index (κ3) is 2.78. The molecule has 2 saturated heterocycles. The number of rotatable bonds is 2. The van der Waals surface area contributed by atoms with Crippen molar-refractivity contribution in [3.63, 3.8) is 0 Å². The van der Waals surface area contributed by atoms with Crippen LogP contribution in [0, 0.1) is 17.2 Å². The van der Waals surface area contributed by atoms with Crippen molar-refractivity contribution in [2.75, 3.05) is 19.6 Å². The van der Waals surface area contributed by atoms with E-state index in [2.05, 4.69) is 21.3 Å². The van der Waals surface area contributed by atoms with Crippen molar-refractivity contribution in [1.82, 2.24) is 15.2 Å². The van der Waals surface area contributed by atoms with E-state index >= 15 is 0 Å². The van der Waals surface area contributed by atoms with Crippen molar-refractivity contribution in [3.8, 4) is 6.07 Å². The third-order valence-electron chi connectivity index (χ3n) is 4.89. The van der Waals surface area contributed by atoms with E-state index in [1.54, 1.807) is 24.4 Å². The van der Waals surface area contributed by atoms with Crippen molar-refractivity contribution in [3.05, 3.63) is 41.7 Å². The SMILES string of the molecule is N#Cc1ccc2cnc(C(=O)N[C@@H]3C[C@@H]4CCN(C4)C3)cc2c1. The zero-order chi connectivity index (χ0) is 15.8. The smallest absolute Gasteiger partial charge is 0.270 e. The molecule has 1 aromatic carbocycles. The van der Waals surface area contributed by atoms with Gasteiger partial charge in [0.15, 0.2) is 0 Å². The zero-order valence-corrected chi connectivity index (χ0v) is 12.8. The first-order valence-corrected chi connectivity index (χ1v) is 8.04. The first-order chi connectivity index (χ1) is 11.2. The fourth-order valence-electron chi connectivity index (χ4n) is 3.76. The lowest BCUT2D eigenvalue weighted by molar-refractivity contribution is 0.0904. The first kappa shape index (κ1) is 14.2. The van der Waals surface area contributed by atoms with E-state index in [0.717, 1.165) is 36.2 Å². The second-order valence-electron chi connectivity index (χ2n) is 6.56. The van der Waals surface area contributed by atoms with E-state index < -0.39 is 0 Å². The van der Waals surface area contributed by atoms with Gasteiger partial charge in [-0.25, -0.2) is 0 Å². The highest BCUT2D eigenvalue weighted by atomic mass is 16.1. The van der Waals surface area contributed by atoms with Gasteiger partial charge < -0.3 is 10.2 Å². The van der Waals surface area contributed by atoms with E-state index in [-0.39, 0.29) is 11.9 Å². The number of nitrogens with zero attached hydrogens (tertiary/aromatic N) is 3. The maximum Gasteiger partial charge on any atom is 0.270 e. The number of nitrogens with one attached hydrogen (secondary N) is 1. The van der Waals surface area contributed by atoms with Gasteiger partial charge in [0.1, 0.15) is 5.69 Å². The molecule has 1 N–H and O–H groups in total. The van der Waals surface area contributed by atoms with Gasteiger partial charge in [-0.05, 0) is 48.9 Å². The van der Waals surface area contributed by atoms with Crippen molar-refractivity contribution < 1.29 is 4.79 Å². The van der Waals surface area contributed by atoms with Gasteiger partial charge in [0.05, 0.1) is 11.6 Å². The predicted molar refractivity (Wildman–Crippen MR) is 86.9 cm³/mol. The molecule has 3 atom stereocenters. The lowest BCUT2D eigenvalue weighted by atomic mass is 9.97. The molecule has 2 aliphatic rings. The van der Waals surface area contributed by atoms with Crippen LogP contribution in [0.4, 0.5) is 0 Å². The molecule has 5 heteroatoms. The normalized spacial score (nSPS) is 26.0. The molecule has 3 heterocycles. The van der Waals surface area contributed by atoms with Crippen LogP contribution in [0.2, 0.25) is 0 Å². The molecule has 116 valence electrons. The van der Waals surface area contributed by atoms with Gasteiger partial charge in [-0.1, -0.05) is 6.07 Å². The number of piperidine rings is 1. The molecule has 0 spiro atoms. The second-order valence-corrected chi connectivity index (χ2v) is 6.56. The molecular formula is C18H18N4O. The zero-order valence-electron chi connectivity index (χ0n) is 12.8. The Kier molecular flexibility index (Phi) is 3.47. The van der Waals surface area contributed by atoms with Gasteiger partial charge in [-0.15, -0.1) is 0 Å². The molecule has 0 radical (unpaired) electrons. The van der Waals surface area contributed by atoms with Gasteiger partial charge in [0.25, 0.3) is 5.91 Å². The van der Waals surface area contributed by atoms with E-state index in [1.165, 1.54) is 13.0 Å². The van der Waals surface area contributed by atoms with Gasteiger partial charge >= 0.3 is 0 Å². The van der Waals surface area contributed by atoms with Crippen LogP contribution in [-0.4, -0.2) is 41.5 Å². The van der Waals surface area contributed by atoms with Gasteiger partial charge in [-0.3, -0.25) is 9.78 Å². The van der Waals surface area contributed by atoms with Crippen molar-refractivity contribution in [2.45, 2.75) is 18.9 Å². The number of hydrogen-bond donors (Lipinski definition) is 1. The molecule has 5 nitrogen and oxygen atoms in total. The summed E-state index contributed by atoms with van der Waals surface area (Å²) < 4.78 is 0. The Bertz CT molecular complexity index is 798. The van der Waals surface area contributed by atoms with E-state index in [4.69, 9.17) is 5.26 Å². The summed E-state index contributed by atoms with van der Waals surface area (Å²) in [5, 5.41) is 13.9. The second kappa shape index (κ2) is 5.64. The van der Waals surface area contributed by atoms with Crippen LogP contribution < -0.4 is 5.32 Å². The molecule has 1 amide bonds. The quantitative estimate of drug-likeness (QED) is 0.920. The Labute approximate surface area is 134 Å². The van der Waals surface area contributed by atoms with Crippen molar-refractivity contribution in [2.24, 2.45) is 5.92 Å². The molecule has 2 aliphatic heterocycles. The molecule has 2 fully saturated rings. The largest absolute Gasteiger partial charge is 0.347 e. The number of carbonyl (C=O) groups excluding carboxylic acids is 1. The van der Waals surface area contributed by atoms with Gasteiger partial charge in [0, 0.05) is 30.7 Å². The topological polar surface area (TPSA) is 69.0 Å². The summed E-state index contributed by atoms with van der Waals surface area (Å²) in [5.41, 5.74) is 1.01. The van der Waals surface area contributed by atoms with Crippen LogP contribution in [-0.2, 0) is 0 Å². The average molecular weight is 306 g/mol. The summed E-state index contributed by atoms with van der Waals surface area (Å²) in [7, 11) is 0. The minimum Gasteiger partial charge on any atom is -0.347 e. The number of pyridine rings is 1. The van der Waals surface area contributed by atoms with E-state index in [9.17, 15) is 4.79 Å². The highest BCUT2D eigenvalue weighted by Gasteiger charge is 2.33. The van der Waals surface area contributed by atoms with Crippen LogP contribution in [0.1, 0.15) is 28.9 Å². The summed E-state index contributed by atoms with van der Waals surface area (Å²) >= 11 is 0. The fourth-order valence-corrected chi connectivity index (χ4v) is 3.76. The molecule has 1 aromatic heterocycles. The molecule has 0 aliphatic carbocycles. The summed E-state index contributed by atoms with van der Waals surface area (Å²) in [4.78, 5) is 19.2. The number of amides is 1. The van der Waals surface area contributed by atoms with Crippen LogP contribution in [0.5, 0.6) is 0 Å². The molecule has 1 unspecified atom stereocenters. The molecule has 0 saturated carbocycles. The van der Waals surface area contributed by atoms with Crippen molar-refractivity contribution >= 4 is 16.7 Å². The average Bonchev–Trinajstić information content (AvgIpc) is 2.92. The van der Waals surface area contributed by atoms with Crippen molar-refractivity contribution in [1.29, 1.82) is 5.26 Å². The Morgan fingerprint density at radius 3 is 3.04 bits per heavy atom. The number of benzene rings is 1. The van der Waals surface area contributed by atoms with Gasteiger partial charge in [0.2, 0.25) is 0 Å². The molecule has 4 rings (SSSR count).